The Bertz CT molecular complexity index is 806. The van der Waals surface area contributed by atoms with Crippen molar-refractivity contribution in [3.05, 3.63) is 47.2 Å². The fourth-order valence-corrected chi connectivity index (χ4v) is 4.94. The van der Waals surface area contributed by atoms with E-state index >= 15 is 0 Å². The van der Waals surface area contributed by atoms with E-state index < -0.39 is 14.4 Å². The van der Waals surface area contributed by atoms with Crippen LogP contribution in [0.15, 0.2) is 30.5 Å². The lowest BCUT2D eigenvalue weighted by Gasteiger charge is -2.23. The van der Waals surface area contributed by atoms with E-state index in [1.54, 1.807) is 0 Å². The first-order valence-electron chi connectivity index (χ1n) is 10.2. The molecule has 1 nitrogen and oxygen atoms in total. The summed E-state index contributed by atoms with van der Waals surface area (Å²) in [5.41, 5.74) is 5.78. The second-order valence-electron chi connectivity index (χ2n) is 8.35. The summed E-state index contributed by atoms with van der Waals surface area (Å²) in [6.07, 6.45) is 5.49. The number of nitrogens with zero attached hydrogens (tertiary/aromatic N) is 1. The second-order valence-corrected chi connectivity index (χ2v) is 13.4. The molecule has 24 heavy (non-hydrogen) atoms. The molecule has 0 amide bonds. The molecule has 2 heteroatoms. The number of pyridine rings is 1. The number of aryl methyl sites for hydroxylation is 2. The maximum atomic E-state index is 8.71. The first-order valence-corrected chi connectivity index (χ1v) is 12.7. The molecular formula is C22H31NSi. The van der Waals surface area contributed by atoms with E-state index in [9.17, 15) is 0 Å². The summed E-state index contributed by atoms with van der Waals surface area (Å²) >= 11 is 0. The van der Waals surface area contributed by atoms with Gasteiger partial charge >= 0.3 is 0 Å². The Morgan fingerprint density at radius 1 is 1.08 bits per heavy atom. The van der Waals surface area contributed by atoms with Crippen LogP contribution < -0.4 is 5.19 Å². The quantitative estimate of drug-likeness (QED) is 0.682. The van der Waals surface area contributed by atoms with Gasteiger partial charge in [0.1, 0.15) is 0 Å². The van der Waals surface area contributed by atoms with Crippen LogP contribution in [-0.4, -0.2) is 13.1 Å². The highest BCUT2D eigenvalue weighted by Gasteiger charge is 2.22. The first kappa shape index (κ1) is 14.9. The predicted octanol–water partition coefficient (Wildman–Crippen LogP) is 5.37. The zero-order valence-corrected chi connectivity index (χ0v) is 16.7. The summed E-state index contributed by atoms with van der Waals surface area (Å²) in [4.78, 5) is 4.77. The molecular weight excluding hydrogens is 306 g/mol. The van der Waals surface area contributed by atoms with Crippen LogP contribution in [0.3, 0.4) is 0 Å². The van der Waals surface area contributed by atoms with Gasteiger partial charge in [-0.2, -0.15) is 0 Å². The van der Waals surface area contributed by atoms with Crippen molar-refractivity contribution in [2.24, 2.45) is 5.92 Å². The van der Waals surface area contributed by atoms with Crippen LogP contribution in [0.2, 0.25) is 19.6 Å². The van der Waals surface area contributed by atoms with Gasteiger partial charge in [-0.05, 0) is 72.0 Å². The van der Waals surface area contributed by atoms with Crippen molar-refractivity contribution in [3.8, 4) is 11.3 Å². The minimum atomic E-state index is -1.68. The Labute approximate surface area is 151 Å². The summed E-state index contributed by atoms with van der Waals surface area (Å²) in [6, 6.07) is 8.71. The highest BCUT2D eigenvalue weighted by atomic mass is 28.3. The molecule has 0 spiro atoms. The highest BCUT2D eigenvalue weighted by Crippen LogP contribution is 2.27. The Morgan fingerprint density at radius 3 is 2.46 bits per heavy atom. The van der Waals surface area contributed by atoms with Crippen LogP contribution in [0.1, 0.15) is 46.1 Å². The lowest BCUT2D eigenvalue weighted by molar-refractivity contribution is 0.649. The monoisotopic (exact) mass is 339 g/mol. The summed E-state index contributed by atoms with van der Waals surface area (Å²) in [6.45, 7) is 10.7. The lowest BCUT2D eigenvalue weighted by atomic mass is 9.89. The molecule has 0 unspecified atom stereocenters. The Kier molecular flexibility index (Phi) is 4.24. The number of aromatic nitrogens is 1. The SMILES string of the molecule is [2H]C([2H])(c1cc(-c2ccc3c(c2)CCCC3)ncc1[Si](C)(C)C)C(C)C. The van der Waals surface area contributed by atoms with E-state index in [4.69, 9.17) is 7.73 Å². The van der Waals surface area contributed by atoms with Crippen molar-refractivity contribution >= 4 is 13.3 Å². The van der Waals surface area contributed by atoms with E-state index in [0.717, 1.165) is 28.4 Å². The van der Waals surface area contributed by atoms with Crippen molar-refractivity contribution in [2.45, 2.75) is 65.5 Å². The van der Waals surface area contributed by atoms with E-state index in [1.165, 1.54) is 30.4 Å². The minimum absolute atomic E-state index is 0.0728. The van der Waals surface area contributed by atoms with Gasteiger partial charge in [-0.15, -0.1) is 0 Å². The Hall–Kier alpha value is -1.41. The lowest BCUT2D eigenvalue weighted by Crippen LogP contribution is -2.40. The largest absolute Gasteiger partial charge is 0.256 e. The van der Waals surface area contributed by atoms with Crippen molar-refractivity contribution < 1.29 is 2.74 Å². The number of hydrogen-bond donors (Lipinski definition) is 0. The molecule has 0 aliphatic heterocycles. The smallest absolute Gasteiger partial charge is 0.0799 e. The van der Waals surface area contributed by atoms with Crippen LogP contribution in [0.25, 0.3) is 11.3 Å². The predicted molar refractivity (Wildman–Crippen MR) is 108 cm³/mol. The summed E-state index contributed by atoms with van der Waals surface area (Å²) in [5, 5.41) is 1.14. The minimum Gasteiger partial charge on any atom is -0.256 e. The van der Waals surface area contributed by atoms with E-state index in [-0.39, 0.29) is 5.92 Å². The zero-order valence-electron chi connectivity index (χ0n) is 17.7. The van der Waals surface area contributed by atoms with Crippen LogP contribution in [0.5, 0.6) is 0 Å². The van der Waals surface area contributed by atoms with Gasteiger partial charge < -0.3 is 0 Å². The summed E-state index contributed by atoms with van der Waals surface area (Å²) < 4.78 is 17.4. The third-order valence-corrected chi connectivity index (χ3v) is 6.81. The molecule has 3 rings (SSSR count). The molecule has 0 atom stereocenters. The topological polar surface area (TPSA) is 12.9 Å². The van der Waals surface area contributed by atoms with Crippen molar-refractivity contribution in [1.29, 1.82) is 0 Å². The van der Waals surface area contributed by atoms with Gasteiger partial charge in [0.25, 0.3) is 0 Å². The molecule has 128 valence electrons. The standard InChI is InChI=1S/C22H31NSi/c1-16(2)12-20-14-21(23-15-22(20)24(3,4)5)19-11-10-17-8-6-7-9-18(17)13-19/h10-11,13-16H,6-9,12H2,1-5H3/i12D2. The molecule has 1 aromatic heterocycles. The number of fused-ring (bicyclic) bond motifs is 1. The zero-order chi connectivity index (χ0) is 19.1. The molecule has 1 aromatic carbocycles. The van der Waals surface area contributed by atoms with Crippen molar-refractivity contribution in [1.82, 2.24) is 4.98 Å². The second kappa shape index (κ2) is 6.83. The van der Waals surface area contributed by atoms with Crippen LogP contribution in [0, 0.1) is 5.92 Å². The molecule has 0 N–H and O–H groups in total. The van der Waals surface area contributed by atoms with Gasteiger partial charge in [0.15, 0.2) is 0 Å². The number of hydrogen-bond acceptors (Lipinski definition) is 1. The van der Waals surface area contributed by atoms with Gasteiger partial charge in [0.2, 0.25) is 0 Å². The van der Waals surface area contributed by atoms with Gasteiger partial charge in [-0.1, -0.05) is 45.6 Å². The molecule has 1 heterocycles. The average molecular weight is 340 g/mol. The molecule has 0 radical (unpaired) electrons. The molecule has 0 saturated carbocycles. The van der Waals surface area contributed by atoms with Gasteiger partial charge in [-0.25, -0.2) is 0 Å². The molecule has 1 aliphatic rings. The van der Waals surface area contributed by atoms with Gasteiger partial charge in [-0.3, -0.25) is 4.98 Å². The van der Waals surface area contributed by atoms with Crippen LogP contribution in [0.4, 0.5) is 0 Å². The molecule has 1 aliphatic carbocycles. The van der Waals surface area contributed by atoms with Crippen molar-refractivity contribution in [3.63, 3.8) is 0 Å². The normalized spacial score (nSPS) is 16.6. The van der Waals surface area contributed by atoms with Gasteiger partial charge in [0.05, 0.1) is 13.8 Å². The Morgan fingerprint density at radius 2 is 1.79 bits per heavy atom. The van der Waals surface area contributed by atoms with Crippen molar-refractivity contribution in [2.75, 3.05) is 0 Å². The molecule has 0 saturated heterocycles. The molecule has 0 bridgehead atoms. The molecule has 2 aromatic rings. The fraction of sp³-hybridized carbons (Fsp3) is 0.500. The van der Waals surface area contributed by atoms with E-state index in [2.05, 4.69) is 37.8 Å². The summed E-state index contributed by atoms with van der Waals surface area (Å²) in [7, 11) is -1.68. The fourth-order valence-electron chi connectivity index (χ4n) is 3.53. The maximum Gasteiger partial charge on any atom is 0.0799 e. The van der Waals surface area contributed by atoms with E-state index in [1.807, 2.05) is 26.1 Å². The maximum absolute atomic E-state index is 8.71. The van der Waals surface area contributed by atoms with E-state index in [0.29, 0.717) is 0 Å². The number of benzene rings is 1. The third kappa shape index (κ3) is 3.80. The Balaban J connectivity index is 2.13. The van der Waals surface area contributed by atoms with Crippen LogP contribution >= 0.6 is 0 Å². The first-order chi connectivity index (χ1) is 12.1. The van der Waals surface area contributed by atoms with Gasteiger partial charge in [0, 0.05) is 14.5 Å². The molecule has 0 fully saturated rings. The summed E-state index contributed by atoms with van der Waals surface area (Å²) in [5.74, 6) is -0.0728. The third-order valence-electron chi connectivity index (χ3n) is 4.80. The number of rotatable bonds is 4. The van der Waals surface area contributed by atoms with Crippen LogP contribution in [-0.2, 0) is 19.2 Å². The average Bonchev–Trinajstić information content (AvgIpc) is 2.60. The highest BCUT2D eigenvalue weighted by molar-refractivity contribution is 6.89.